The van der Waals surface area contributed by atoms with Gasteiger partial charge in [-0.2, -0.15) is 0 Å². The van der Waals surface area contributed by atoms with Gasteiger partial charge in [0.05, 0.1) is 0 Å². The number of rotatable bonds is 3. The van der Waals surface area contributed by atoms with Crippen LogP contribution in [0, 0.1) is 0 Å². The Morgan fingerprint density at radius 3 is 2.64 bits per heavy atom. The van der Waals surface area contributed by atoms with Crippen molar-refractivity contribution in [3.63, 3.8) is 0 Å². The van der Waals surface area contributed by atoms with E-state index in [9.17, 15) is 0 Å². The lowest BCUT2D eigenvalue weighted by Gasteiger charge is -2.38. The zero-order valence-corrected chi connectivity index (χ0v) is 14.7. The highest BCUT2D eigenvalue weighted by molar-refractivity contribution is 5.80. The monoisotopic (exact) mass is 335 g/mol. The summed E-state index contributed by atoms with van der Waals surface area (Å²) in [6, 6.07) is 14.8. The molecule has 1 fully saturated rings. The second kappa shape index (κ2) is 7.13. The van der Waals surface area contributed by atoms with Gasteiger partial charge in [0.1, 0.15) is 5.82 Å². The first kappa shape index (κ1) is 15.9. The van der Waals surface area contributed by atoms with Crippen LogP contribution in [0.2, 0.25) is 0 Å². The normalized spacial score (nSPS) is 20.0. The number of hydrogen-bond acceptors (Lipinski definition) is 3. The van der Waals surface area contributed by atoms with E-state index < -0.39 is 0 Å². The number of aromatic nitrogens is 1. The van der Waals surface area contributed by atoms with Crippen molar-refractivity contribution < 1.29 is 0 Å². The van der Waals surface area contributed by atoms with Crippen LogP contribution in [0.25, 0.3) is 0 Å². The van der Waals surface area contributed by atoms with E-state index in [0.717, 1.165) is 44.5 Å². The summed E-state index contributed by atoms with van der Waals surface area (Å²) in [4.78, 5) is 13.6. The van der Waals surface area contributed by atoms with Crippen LogP contribution in [-0.4, -0.2) is 55.6 Å². The van der Waals surface area contributed by atoms with Crippen molar-refractivity contribution in [2.24, 2.45) is 4.99 Å². The number of fused-ring (bicyclic) bond motifs is 1. The third-order valence-electron chi connectivity index (χ3n) is 5.23. The maximum Gasteiger partial charge on any atom is 0.193 e. The second-order valence-electron chi connectivity index (χ2n) is 6.69. The van der Waals surface area contributed by atoms with Gasteiger partial charge in [-0.1, -0.05) is 30.3 Å². The molecule has 25 heavy (non-hydrogen) atoms. The SMILES string of the molecule is CN=C(NCC1Cc2ccccc21)N1CCN(c2ccccn2)CC1. The zero-order chi connectivity index (χ0) is 17.1. The van der Waals surface area contributed by atoms with Crippen LogP contribution in [0.3, 0.4) is 0 Å². The van der Waals surface area contributed by atoms with Gasteiger partial charge in [-0.15, -0.1) is 0 Å². The molecule has 1 unspecified atom stereocenters. The number of nitrogens with zero attached hydrogens (tertiary/aromatic N) is 4. The highest BCUT2D eigenvalue weighted by Crippen LogP contribution is 2.34. The first-order valence-corrected chi connectivity index (χ1v) is 9.04. The fourth-order valence-electron chi connectivity index (χ4n) is 3.78. The first-order chi connectivity index (χ1) is 12.3. The Kier molecular flexibility index (Phi) is 4.55. The third kappa shape index (κ3) is 3.31. The van der Waals surface area contributed by atoms with Gasteiger partial charge in [0.2, 0.25) is 0 Å². The van der Waals surface area contributed by atoms with Gasteiger partial charge in [0, 0.05) is 51.9 Å². The van der Waals surface area contributed by atoms with E-state index >= 15 is 0 Å². The lowest BCUT2D eigenvalue weighted by molar-refractivity contribution is 0.369. The van der Waals surface area contributed by atoms with Crippen LogP contribution in [-0.2, 0) is 6.42 Å². The number of hydrogen-bond donors (Lipinski definition) is 1. The molecule has 5 heteroatoms. The van der Waals surface area contributed by atoms with Crippen molar-refractivity contribution in [2.45, 2.75) is 12.3 Å². The second-order valence-corrected chi connectivity index (χ2v) is 6.69. The summed E-state index contributed by atoms with van der Waals surface area (Å²) in [5.74, 6) is 2.70. The Bertz CT molecular complexity index is 735. The Hall–Kier alpha value is -2.56. The molecule has 0 radical (unpaired) electrons. The maximum atomic E-state index is 4.49. The van der Waals surface area contributed by atoms with E-state index in [-0.39, 0.29) is 0 Å². The summed E-state index contributed by atoms with van der Waals surface area (Å²) < 4.78 is 0. The summed E-state index contributed by atoms with van der Waals surface area (Å²) in [5.41, 5.74) is 2.98. The summed E-state index contributed by atoms with van der Waals surface area (Å²) in [5, 5.41) is 3.58. The number of piperazine rings is 1. The smallest absolute Gasteiger partial charge is 0.193 e. The molecule has 1 aromatic carbocycles. The highest BCUT2D eigenvalue weighted by Gasteiger charge is 2.26. The minimum atomic E-state index is 0.614. The number of pyridine rings is 1. The molecule has 5 nitrogen and oxygen atoms in total. The lowest BCUT2D eigenvalue weighted by atomic mass is 9.78. The van der Waals surface area contributed by atoms with Gasteiger partial charge in [-0.25, -0.2) is 4.98 Å². The summed E-state index contributed by atoms with van der Waals surface area (Å²) in [7, 11) is 1.88. The fourth-order valence-corrected chi connectivity index (χ4v) is 3.78. The Morgan fingerprint density at radius 1 is 1.12 bits per heavy atom. The van der Waals surface area contributed by atoms with Gasteiger partial charge in [-0.05, 0) is 29.7 Å². The zero-order valence-electron chi connectivity index (χ0n) is 14.7. The van der Waals surface area contributed by atoms with Crippen molar-refractivity contribution in [1.29, 1.82) is 0 Å². The highest BCUT2D eigenvalue weighted by atomic mass is 15.4. The molecule has 2 aliphatic rings. The lowest BCUT2D eigenvalue weighted by Crippen LogP contribution is -2.53. The predicted molar refractivity (Wildman–Crippen MR) is 102 cm³/mol. The standard InChI is InChI=1S/C20H25N5/c1-21-20(23-15-17-14-16-6-2-3-7-18(16)17)25-12-10-24(11-13-25)19-8-4-5-9-22-19/h2-9,17H,10-15H2,1H3,(H,21,23). The van der Waals surface area contributed by atoms with E-state index in [2.05, 4.69) is 55.4 Å². The van der Waals surface area contributed by atoms with Crippen molar-refractivity contribution in [1.82, 2.24) is 15.2 Å². The van der Waals surface area contributed by atoms with E-state index in [4.69, 9.17) is 0 Å². The summed E-state index contributed by atoms with van der Waals surface area (Å²) in [6.45, 7) is 4.85. The molecule has 0 bridgehead atoms. The third-order valence-corrected chi connectivity index (χ3v) is 5.23. The molecule has 1 N–H and O–H groups in total. The van der Waals surface area contributed by atoms with Gasteiger partial charge in [0.25, 0.3) is 0 Å². The molecule has 0 amide bonds. The molecular formula is C20H25N5. The van der Waals surface area contributed by atoms with Crippen LogP contribution in [0.1, 0.15) is 17.0 Å². The van der Waals surface area contributed by atoms with Crippen molar-refractivity contribution >= 4 is 11.8 Å². The average Bonchev–Trinajstić information content (AvgIpc) is 2.66. The quantitative estimate of drug-likeness (QED) is 0.689. The molecule has 0 spiro atoms. The van der Waals surface area contributed by atoms with Crippen LogP contribution >= 0.6 is 0 Å². The number of nitrogens with one attached hydrogen (secondary N) is 1. The van der Waals surface area contributed by atoms with E-state index in [1.54, 1.807) is 0 Å². The molecule has 2 heterocycles. The molecule has 1 atom stereocenters. The van der Waals surface area contributed by atoms with E-state index in [1.807, 2.05) is 25.4 Å². The molecular weight excluding hydrogens is 310 g/mol. The Morgan fingerprint density at radius 2 is 1.92 bits per heavy atom. The van der Waals surface area contributed by atoms with Gasteiger partial charge < -0.3 is 15.1 Å². The fraction of sp³-hybridized carbons (Fsp3) is 0.400. The van der Waals surface area contributed by atoms with Crippen molar-refractivity contribution in [2.75, 3.05) is 44.7 Å². The molecule has 4 rings (SSSR count). The minimum absolute atomic E-state index is 0.614. The number of guanidine groups is 1. The molecule has 1 saturated heterocycles. The number of anilines is 1. The number of benzene rings is 1. The Balaban J connectivity index is 1.30. The molecule has 1 aliphatic carbocycles. The topological polar surface area (TPSA) is 43.8 Å². The molecule has 0 saturated carbocycles. The van der Waals surface area contributed by atoms with Crippen LogP contribution in [0.15, 0.2) is 53.7 Å². The molecule has 2 aromatic rings. The van der Waals surface area contributed by atoms with Crippen molar-refractivity contribution in [3.05, 3.63) is 59.8 Å². The maximum absolute atomic E-state index is 4.49. The van der Waals surface area contributed by atoms with Gasteiger partial charge >= 0.3 is 0 Å². The van der Waals surface area contributed by atoms with Crippen LogP contribution < -0.4 is 10.2 Å². The Labute approximate surface area is 149 Å². The van der Waals surface area contributed by atoms with Gasteiger partial charge in [-0.3, -0.25) is 4.99 Å². The largest absolute Gasteiger partial charge is 0.356 e. The van der Waals surface area contributed by atoms with E-state index in [0.29, 0.717) is 5.92 Å². The molecule has 130 valence electrons. The van der Waals surface area contributed by atoms with Crippen molar-refractivity contribution in [3.8, 4) is 0 Å². The van der Waals surface area contributed by atoms with Crippen LogP contribution in [0.4, 0.5) is 5.82 Å². The minimum Gasteiger partial charge on any atom is -0.356 e. The van der Waals surface area contributed by atoms with Gasteiger partial charge in [0.15, 0.2) is 5.96 Å². The molecule has 1 aliphatic heterocycles. The van der Waals surface area contributed by atoms with E-state index in [1.165, 1.54) is 17.5 Å². The number of aliphatic imine (C=N–C) groups is 1. The predicted octanol–water partition coefficient (Wildman–Crippen LogP) is 2.12. The summed E-state index contributed by atoms with van der Waals surface area (Å²) in [6.07, 6.45) is 3.03. The molecule has 1 aromatic heterocycles. The first-order valence-electron chi connectivity index (χ1n) is 9.04. The average molecular weight is 335 g/mol. The summed E-state index contributed by atoms with van der Waals surface area (Å²) >= 11 is 0. The van der Waals surface area contributed by atoms with Crippen LogP contribution in [0.5, 0.6) is 0 Å².